The molecular weight excluding hydrogens is 376 g/mol. The Bertz CT molecular complexity index is 595. The highest BCUT2D eigenvalue weighted by Gasteiger charge is 2.46. The SMILES string of the molecule is CCOC(=O)C(Br)(CCC#Cc1ccc(OC)cc1)C(=O)OCC. The van der Waals surface area contributed by atoms with Gasteiger partial charge in [-0.05, 0) is 44.5 Å². The van der Waals surface area contributed by atoms with Crippen molar-refractivity contribution in [2.24, 2.45) is 0 Å². The Labute approximate surface area is 150 Å². The van der Waals surface area contributed by atoms with Crippen molar-refractivity contribution >= 4 is 27.9 Å². The first kappa shape index (κ1) is 20.0. The molecule has 0 fully saturated rings. The van der Waals surface area contributed by atoms with Crippen LogP contribution in [0.25, 0.3) is 0 Å². The van der Waals surface area contributed by atoms with Gasteiger partial charge < -0.3 is 14.2 Å². The summed E-state index contributed by atoms with van der Waals surface area (Å²) in [6.45, 7) is 3.73. The van der Waals surface area contributed by atoms with Gasteiger partial charge in [-0.3, -0.25) is 0 Å². The van der Waals surface area contributed by atoms with E-state index in [1.54, 1.807) is 21.0 Å². The van der Waals surface area contributed by atoms with E-state index >= 15 is 0 Å². The number of hydrogen-bond acceptors (Lipinski definition) is 5. The summed E-state index contributed by atoms with van der Waals surface area (Å²) in [6, 6.07) is 7.31. The van der Waals surface area contributed by atoms with Gasteiger partial charge in [0.05, 0.1) is 20.3 Å². The zero-order valence-electron chi connectivity index (χ0n) is 14.1. The zero-order valence-corrected chi connectivity index (χ0v) is 15.6. The molecule has 0 aromatic heterocycles. The summed E-state index contributed by atoms with van der Waals surface area (Å²) < 4.78 is 13.5. The molecule has 1 aromatic carbocycles. The van der Waals surface area contributed by atoms with E-state index in [1.165, 1.54) is 0 Å². The lowest BCUT2D eigenvalue weighted by Crippen LogP contribution is -2.43. The number of alkyl halides is 1. The molecule has 0 bridgehead atoms. The highest BCUT2D eigenvalue weighted by Crippen LogP contribution is 2.28. The number of methoxy groups -OCH3 is 1. The molecular formula is C18H21BrO5. The van der Waals surface area contributed by atoms with E-state index in [4.69, 9.17) is 14.2 Å². The summed E-state index contributed by atoms with van der Waals surface area (Å²) >= 11 is 3.19. The van der Waals surface area contributed by atoms with Gasteiger partial charge in [0.25, 0.3) is 0 Å². The molecule has 0 heterocycles. The molecule has 5 nitrogen and oxygen atoms in total. The summed E-state index contributed by atoms with van der Waals surface area (Å²) in [5.74, 6) is 5.37. The number of benzene rings is 1. The predicted molar refractivity (Wildman–Crippen MR) is 94.0 cm³/mol. The Balaban J connectivity index is 2.76. The molecule has 0 N–H and O–H groups in total. The van der Waals surface area contributed by atoms with Gasteiger partial charge in [0.1, 0.15) is 5.75 Å². The van der Waals surface area contributed by atoms with Gasteiger partial charge in [0.2, 0.25) is 4.32 Å². The van der Waals surface area contributed by atoms with Crippen molar-refractivity contribution in [3.8, 4) is 17.6 Å². The van der Waals surface area contributed by atoms with Crippen LogP contribution in [-0.4, -0.2) is 36.6 Å². The van der Waals surface area contributed by atoms with Crippen molar-refractivity contribution in [3.63, 3.8) is 0 Å². The Hall–Kier alpha value is -2.00. The van der Waals surface area contributed by atoms with Crippen LogP contribution in [0.3, 0.4) is 0 Å². The molecule has 0 spiro atoms. The van der Waals surface area contributed by atoms with Crippen LogP contribution in [0.15, 0.2) is 24.3 Å². The fourth-order valence-corrected chi connectivity index (χ4v) is 2.28. The highest BCUT2D eigenvalue weighted by atomic mass is 79.9. The smallest absolute Gasteiger partial charge is 0.334 e. The third-order valence-corrected chi connectivity index (χ3v) is 4.16. The van der Waals surface area contributed by atoms with E-state index in [1.807, 2.05) is 24.3 Å². The fourth-order valence-electron chi connectivity index (χ4n) is 1.85. The predicted octanol–water partition coefficient (Wildman–Crippen LogP) is 3.09. The van der Waals surface area contributed by atoms with Gasteiger partial charge >= 0.3 is 11.9 Å². The second kappa shape index (κ2) is 9.99. The van der Waals surface area contributed by atoms with Gasteiger partial charge in [-0.1, -0.05) is 27.8 Å². The summed E-state index contributed by atoms with van der Waals surface area (Å²) in [4.78, 5) is 24.2. The number of ether oxygens (including phenoxy) is 3. The molecule has 0 saturated carbocycles. The van der Waals surface area contributed by atoms with Crippen LogP contribution in [0.5, 0.6) is 5.75 Å². The molecule has 6 heteroatoms. The highest BCUT2D eigenvalue weighted by molar-refractivity contribution is 9.10. The zero-order chi connectivity index (χ0) is 18.0. The molecule has 1 rings (SSSR count). The van der Waals surface area contributed by atoms with Crippen molar-refractivity contribution in [2.75, 3.05) is 20.3 Å². The maximum atomic E-state index is 12.1. The lowest BCUT2D eigenvalue weighted by atomic mass is 10.0. The van der Waals surface area contributed by atoms with Gasteiger partial charge in [0, 0.05) is 12.0 Å². The van der Waals surface area contributed by atoms with Crippen LogP contribution in [-0.2, 0) is 19.1 Å². The normalized spacial score (nSPS) is 10.3. The lowest BCUT2D eigenvalue weighted by Gasteiger charge is -2.22. The van der Waals surface area contributed by atoms with Gasteiger partial charge in [-0.2, -0.15) is 0 Å². The number of carbonyl (C=O) groups is 2. The van der Waals surface area contributed by atoms with Crippen molar-refractivity contribution < 1.29 is 23.8 Å². The van der Waals surface area contributed by atoms with Crippen LogP contribution in [0.1, 0.15) is 32.3 Å². The molecule has 0 saturated heterocycles. The lowest BCUT2D eigenvalue weighted by molar-refractivity contribution is -0.158. The molecule has 0 aliphatic rings. The van der Waals surface area contributed by atoms with Gasteiger partial charge in [0.15, 0.2) is 0 Å². The molecule has 1 aromatic rings. The van der Waals surface area contributed by atoms with Gasteiger partial charge in [-0.15, -0.1) is 0 Å². The number of carbonyl (C=O) groups excluding carboxylic acids is 2. The second-order valence-corrected chi connectivity index (χ2v) is 6.13. The molecule has 0 aliphatic heterocycles. The summed E-state index contributed by atoms with van der Waals surface area (Å²) in [5.41, 5.74) is 0.822. The Kier molecular flexibility index (Phi) is 8.34. The number of hydrogen-bond donors (Lipinski definition) is 0. The van der Waals surface area contributed by atoms with E-state index in [2.05, 4.69) is 27.8 Å². The van der Waals surface area contributed by atoms with Crippen LogP contribution in [0, 0.1) is 11.8 Å². The van der Waals surface area contributed by atoms with Crippen LogP contribution in [0.2, 0.25) is 0 Å². The fraction of sp³-hybridized carbons (Fsp3) is 0.444. The second-order valence-electron chi connectivity index (χ2n) is 4.77. The third-order valence-electron chi connectivity index (χ3n) is 3.12. The summed E-state index contributed by atoms with van der Waals surface area (Å²) in [5, 5.41) is 0. The van der Waals surface area contributed by atoms with E-state index in [9.17, 15) is 9.59 Å². The first-order chi connectivity index (χ1) is 11.5. The molecule has 0 radical (unpaired) electrons. The minimum Gasteiger partial charge on any atom is -0.497 e. The molecule has 0 amide bonds. The maximum absolute atomic E-state index is 12.1. The quantitative estimate of drug-likeness (QED) is 0.306. The Morgan fingerprint density at radius 2 is 1.62 bits per heavy atom. The first-order valence-electron chi connectivity index (χ1n) is 7.64. The number of esters is 2. The van der Waals surface area contributed by atoms with Crippen molar-refractivity contribution in [2.45, 2.75) is 31.0 Å². The van der Waals surface area contributed by atoms with E-state index in [-0.39, 0.29) is 19.6 Å². The van der Waals surface area contributed by atoms with E-state index < -0.39 is 16.3 Å². The average molecular weight is 397 g/mol. The third kappa shape index (κ3) is 5.57. The molecule has 130 valence electrons. The molecule has 0 atom stereocenters. The Morgan fingerprint density at radius 1 is 1.08 bits per heavy atom. The minimum absolute atomic E-state index is 0.161. The summed E-state index contributed by atoms with van der Waals surface area (Å²) in [7, 11) is 1.60. The molecule has 0 aliphatic carbocycles. The molecule has 24 heavy (non-hydrogen) atoms. The average Bonchev–Trinajstić information content (AvgIpc) is 2.59. The Morgan fingerprint density at radius 3 is 2.08 bits per heavy atom. The standard InChI is InChI=1S/C18H21BrO5/c1-4-23-16(20)18(19,17(21)24-5-2)13-7-6-8-14-9-11-15(22-3)12-10-14/h9-12H,4-5,7,13H2,1-3H3. The minimum atomic E-state index is -1.52. The van der Waals surface area contributed by atoms with Crippen LogP contribution in [0.4, 0.5) is 0 Å². The number of halogens is 1. The monoisotopic (exact) mass is 396 g/mol. The topological polar surface area (TPSA) is 61.8 Å². The maximum Gasteiger partial charge on any atom is 0.334 e. The van der Waals surface area contributed by atoms with Crippen molar-refractivity contribution in [3.05, 3.63) is 29.8 Å². The summed E-state index contributed by atoms with van der Waals surface area (Å²) in [6.07, 6.45) is 0.489. The number of rotatable bonds is 7. The van der Waals surface area contributed by atoms with Crippen LogP contribution < -0.4 is 4.74 Å². The largest absolute Gasteiger partial charge is 0.497 e. The van der Waals surface area contributed by atoms with Crippen molar-refractivity contribution in [1.82, 2.24) is 0 Å². The van der Waals surface area contributed by atoms with E-state index in [0.717, 1.165) is 11.3 Å². The first-order valence-corrected chi connectivity index (χ1v) is 8.43. The van der Waals surface area contributed by atoms with Crippen molar-refractivity contribution in [1.29, 1.82) is 0 Å². The van der Waals surface area contributed by atoms with E-state index in [0.29, 0.717) is 6.42 Å². The van der Waals surface area contributed by atoms with Crippen LogP contribution >= 0.6 is 15.9 Å². The van der Waals surface area contributed by atoms with Gasteiger partial charge in [-0.25, -0.2) is 9.59 Å². The molecule has 0 unspecified atom stereocenters.